The van der Waals surface area contributed by atoms with Crippen LogP contribution >= 0.6 is 15.9 Å². The number of ketones is 4. The van der Waals surface area contributed by atoms with Crippen molar-refractivity contribution in [3.05, 3.63) is 47.6 Å². The van der Waals surface area contributed by atoms with Crippen molar-refractivity contribution in [1.29, 1.82) is 0 Å². The fraction of sp³-hybridized carbons (Fsp3) is 0.786. The van der Waals surface area contributed by atoms with E-state index in [1.165, 1.54) is 25.7 Å². The lowest BCUT2D eigenvalue weighted by Crippen LogP contribution is -2.63. The predicted octanol–water partition coefficient (Wildman–Crippen LogP) is 8.40. The number of ether oxygens (including phenoxy) is 4. The summed E-state index contributed by atoms with van der Waals surface area (Å²) in [4.78, 5) is 51.4. The maximum Gasteiger partial charge on any atom is 0.193 e. The van der Waals surface area contributed by atoms with Crippen LogP contribution in [0.15, 0.2) is 47.6 Å². The number of Topliss-reactive ketones (excluding diaryl/α,β-unsaturated/α-hetero) is 2. The van der Waals surface area contributed by atoms with Gasteiger partial charge in [-0.15, -0.1) is 0 Å². The highest BCUT2D eigenvalue weighted by Gasteiger charge is 2.78. The molecule has 372 valence electrons. The Morgan fingerprint density at radius 3 is 1.44 bits per heavy atom. The van der Waals surface area contributed by atoms with Gasteiger partial charge in [-0.1, -0.05) is 105 Å². The van der Waals surface area contributed by atoms with E-state index in [-0.39, 0.29) is 99.2 Å². The van der Waals surface area contributed by atoms with Gasteiger partial charge >= 0.3 is 0 Å². The molecule has 12 aliphatic rings. The highest BCUT2D eigenvalue weighted by Crippen LogP contribution is 2.72. The Labute approximate surface area is 410 Å². The van der Waals surface area contributed by atoms with Crippen LogP contribution in [0.2, 0.25) is 0 Å². The van der Waals surface area contributed by atoms with E-state index in [1.54, 1.807) is 24.3 Å². The van der Waals surface area contributed by atoms with Crippen molar-refractivity contribution in [2.75, 3.05) is 11.9 Å². The van der Waals surface area contributed by atoms with Crippen molar-refractivity contribution in [2.45, 2.75) is 191 Å². The third kappa shape index (κ3) is 6.71. The van der Waals surface area contributed by atoms with E-state index in [0.29, 0.717) is 18.8 Å². The molecule has 68 heavy (non-hydrogen) atoms. The van der Waals surface area contributed by atoms with Gasteiger partial charge in [0.15, 0.2) is 46.9 Å². The molecule has 8 saturated carbocycles. The molecule has 0 aromatic rings. The van der Waals surface area contributed by atoms with Gasteiger partial charge in [-0.3, -0.25) is 19.2 Å². The van der Waals surface area contributed by atoms with E-state index in [2.05, 4.69) is 43.6 Å². The second kappa shape index (κ2) is 17.2. The van der Waals surface area contributed by atoms with Crippen molar-refractivity contribution in [2.24, 2.45) is 69.0 Å². The molecule has 2 saturated heterocycles. The van der Waals surface area contributed by atoms with Gasteiger partial charge < -0.3 is 34.3 Å². The summed E-state index contributed by atoms with van der Waals surface area (Å²) >= 11 is 3.46. The summed E-state index contributed by atoms with van der Waals surface area (Å²) in [7, 11) is 0. The average molecular weight is 1000 g/mol. The van der Waals surface area contributed by atoms with E-state index >= 15 is 0 Å². The van der Waals surface area contributed by atoms with Crippen molar-refractivity contribution in [3.63, 3.8) is 0 Å². The number of hydrogen-bond acceptors (Lipinski definition) is 11. The first-order valence-electron chi connectivity index (χ1n) is 26.6. The lowest BCUT2D eigenvalue weighted by atomic mass is 9.46. The zero-order valence-corrected chi connectivity index (χ0v) is 42.3. The fourth-order valence-corrected chi connectivity index (χ4v) is 19.1. The molecule has 0 spiro atoms. The lowest BCUT2D eigenvalue weighted by Gasteiger charge is -2.59. The minimum atomic E-state index is -1.20. The molecule has 2 heterocycles. The number of allylic oxidation sites excluding steroid dienone is 8. The molecule has 0 aromatic heterocycles. The predicted molar refractivity (Wildman–Crippen MR) is 256 cm³/mol. The van der Waals surface area contributed by atoms with Gasteiger partial charge in [0.1, 0.15) is 6.61 Å². The number of rotatable bonds is 6. The van der Waals surface area contributed by atoms with E-state index in [9.17, 15) is 34.5 Å². The van der Waals surface area contributed by atoms with Crippen LogP contribution in [0.4, 0.5) is 0 Å². The van der Waals surface area contributed by atoms with Gasteiger partial charge in [-0.2, -0.15) is 0 Å². The minimum absolute atomic E-state index is 0.0100. The van der Waals surface area contributed by atoms with Gasteiger partial charge in [-0.05, 0) is 125 Å². The molecule has 10 aliphatic carbocycles. The lowest BCUT2D eigenvalue weighted by molar-refractivity contribution is -0.209. The van der Waals surface area contributed by atoms with Crippen LogP contribution in [-0.4, -0.2) is 98.6 Å². The highest BCUT2D eigenvalue weighted by atomic mass is 79.9. The van der Waals surface area contributed by atoms with Crippen LogP contribution in [0.1, 0.15) is 143 Å². The third-order valence-electron chi connectivity index (χ3n) is 21.7. The number of fused-ring (bicyclic) bond motifs is 14. The summed E-state index contributed by atoms with van der Waals surface area (Å²) in [5.41, 5.74) is -1.66. The number of halogens is 1. The minimum Gasteiger partial charge on any atom is -0.393 e. The zero-order chi connectivity index (χ0) is 47.8. The number of carbonyl (C=O) groups excluding carboxylic acids is 4. The first-order valence-corrected chi connectivity index (χ1v) is 27.8. The molecule has 12 heteroatoms. The molecule has 0 unspecified atom stereocenters. The third-order valence-corrected chi connectivity index (χ3v) is 22.2. The van der Waals surface area contributed by atoms with E-state index < -0.39 is 47.1 Å². The second-order valence-electron chi connectivity index (χ2n) is 24.5. The smallest absolute Gasteiger partial charge is 0.193 e. The Kier molecular flexibility index (Phi) is 12.2. The van der Waals surface area contributed by atoms with Crippen LogP contribution in [0.3, 0.4) is 0 Å². The molecule has 11 nitrogen and oxygen atoms in total. The van der Waals surface area contributed by atoms with Gasteiger partial charge in [0.2, 0.25) is 0 Å². The SMILES string of the molecule is C[C@]12C=CC(=O)C=C1CC[C@@H]1[C@@H]2[C@@H](O)C[C@@]2(C)[C@H]1C[C@H]1O[C@@H](C3CCCCC3)O[C@]12C(=O)CBr.C[C@]12C=CC(=O)C=C1CC[C@@H]1[C@@H]2[C@@H](O)C[C@@]2(C)[C@H]1C[C@H]1O[C@@H](C3CCCCC3)O[C@]12C(=O)CO. The topological polar surface area (TPSA) is 166 Å². The Morgan fingerprint density at radius 2 is 1.04 bits per heavy atom. The normalized spacial score (nSPS) is 50.2. The van der Waals surface area contributed by atoms with Gasteiger partial charge in [0.05, 0.1) is 29.7 Å². The summed E-state index contributed by atoms with van der Waals surface area (Å²) in [6.07, 6.45) is 25.9. The molecule has 3 N–H and O–H groups in total. The molecule has 10 fully saturated rings. The molecule has 0 radical (unpaired) electrons. The molecule has 0 aromatic carbocycles. The standard InChI is InChI=1S/C28H37BrO5.C28H38O6/c2*1-26-11-10-18(30)12-17(26)8-9-19-20-13-23-28(22(32)15-29,27(20,2)14-21(31)24(19)26)34-25(33-23)16-6-4-3-5-7-16/h10-12,16,19-21,23-25,31H,3-9,13-15H2,1-2H3;10-12,16,19-21,23-25,29,31H,3-9,13-15H2,1-2H3/t2*19-,20-,21-,23+,24+,25+,26-,27-,28+/m00/s1. The Hall–Kier alpha value is -2.16. The summed E-state index contributed by atoms with van der Waals surface area (Å²) in [6.45, 7) is 8.06. The van der Waals surface area contributed by atoms with Crippen molar-refractivity contribution >= 4 is 39.1 Å². The van der Waals surface area contributed by atoms with Crippen LogP contribution in [0.5, 0.6) is 0 Å². The maximum atomic E-state index is 13.7. The molecular weight excluding hydrogens is 929 g/mol. The largest absolute Gasteiger partial charge is 0.393 e. The van der Waals surface area contributed by atoms with E-state index in [4.69, 9.17) is 18.9 Å². The number of aliphatic hydroxyl groups is 3. The summed E-state index contributed by atoms with van der Waals surface area (Å²) < 4.78 is 26.7. The molecule has 0 amide bonds. The zero-order valence-electron chi connectivity index (χ0n) is 40.7. The van der Waals surface area contributed by atoms with Crippen molar-refractivity contribution < 1.29 is 53.4 Å². The van der Waals surface area contributed by atoms with Crippen LogP contribution in [0.25, 0.3) is 0 Å². The molecule has 0 bridgehead atoms. The van der Waals surface area contributed by atoms with Crippen LogP contribution in [-0.2, 0) is 38.1 Å². The number of hydrogen-bond donors (Lipinski definition) is 3. The summed E-state index contributed by atoms with van der Waals surface area (Å²) in [6, 6.07) is 0. The summed E-state index contributed by atoms with van der Waals surface area (Å²) in [5, 5.41) is 33.7. The fourth-order valence-electron chi connectivity index (χ4n) is 18.6. The summed E-state index contributed by atoms with van der Waals surface area (Å²) in [5.74, 6) is 1.38. The first kappa shape index (κ1) is 48.1. The van der Waals surface area contributed by atoms with E-state index in [1.807, 2.05) is 12.2 Å². The van der Waals surface area contributed by atoms with Gasteiger partial charge in [0.25, 0.3) is 0 Å². The molecule has 2 aliphatic heterocycles. The molecule has 12 rings (SSSR count). The Balaban J connectivity index is 0.000000149. The maximum absolute atomic E-state index is 13.7. The first-order chi connectivity index (χ1) is 32.5. The van der Waals surface area contributed by atoms with Gasteiger partial charge in [-0.25, -0.2) is 0 Å². The number of carbonyl (C=O) groups is 4. The Morgan fingerprint density at radius 1 is 0.632 bits per heavy atom. The Bertz CT molecular complexity index is 2050. The van der Waals surface area contributed by atoms with E-state index in [0.717, 1.165) is 88.2 Å². The van der Waals surface area contributed by atoms with Crippen molar-refractivity contribution in [1.82, 2.24) is 0 Å². The highest BCUT2D eigenvalue weighted by molar-refractivity contribution is 9.09. The van der Waals surface area contributed by atoms with Crippen LogP contribution in [0, 0.1) is 69.0 Å². The monoisotopic (exact) mass is 1000 g/mol. The van der Waals surface area contributed by atoms with Gasteiger partial charge in [0, 0.05) is 45.3 Å². The average Bonchev–Trinajstić information content (AvgIpc) is 4.05. The quantitative estimate of drug-likeness (QED) is 0.219. The number of alkyl halides is 1. The number of aliphatic hydroxyl groups excluding tert-OH is 3. The van der Waals surface area contributed by atoms with Crippen molar-refractivity contribution in [3.8, 4) is 0 Å². The second-order valence-corrected chi connectivity index (χ2v) is 25.1. The molecular formula is C56H75BrO11. The molecule has 18 atom stereocenters. The van der Waals surface area contributed by atoms with Crippen LogP contribution < -0.4 is 0 Å².